The van der Waals surface area contributed by atoms with E-state index in [1.807, 2.05) is 12.1 Å². The third kappa shape index (κ3) is 2.52. The van der Waals surface area contributed by atoms with Crippen LogP contribution >= 0.6 is 0 Å². The summed E-state index contributed by atoms with van der Waals surface area (Å²) in [6.45, 7) is 0.748. The van der Waals surface area contributed by atoms with Crippen molar-refractivity contribution in [2.24, 2.45) is 5.92 Å². The summed E-state index contributed by atoms with van der Waals surface area (Å²) in [5.74, 6) is -0.143. The molecule has 0 aromatic heterocycles. The molecular weight excluding hydrogens is 206 g/mol. The molecule has 1 fully saturated rings. The van der Waals surface area contributed by atoms with Crippen LogP contribution in [-0.4, -0.2) is 28.8 Å². The highest BCUT2D eigenvalue weighted by molar-refractivity contribution is 5.73. The van der Waals surface area contributed by atoms with Crippen molar-refractivity contribution in [3.8, 4) is 5.75 Å². The molecule has 0 radical (unpaired) electrons. The summed E-state index contributed by atoms with van der Waals surface area (Å²) in [6.07, 6.45) is 1.53. The van der Waals surface area contributed by atoms with Gasteiger partial charge in [0.1, 0.15) is 11.8 Å². The van der Waals surface area contributed by atoms with Gasteiger partial charge in [0.15, 0.2) is 0 Å². The molecule has 2 atom stereocenters. The fourth-order valence-electron chi connectivity index (χ4n) is 2.12. The smallest absolute Gasteiger partial charge is 0.320 e. The number of benzene rings is 1. The van der Waals surface area contributed by atoms with Crippen molar-refractivity contribution in [1.29, 1.82) is 0 Å². The maximum absolute atomic E-state index is 10.7. The van der Waals surface area contributed by atoms with Crippen LogP contribution < -0.4 is 5.32 Å². The Bertz CT molecular complexity index is 374. The first-order valence-corrected chi connectivity index (χ1v) is 5.39. The molecule has 1 saturated heterocycles. The maximum Gasteiger partial charge on any atom is 0.320 e. The van der Waals surface area contributed by atoms with E-state index in [0.29, 0.717) is 12.3 Å². The Hall–Kier alpha value is -1.55. The van der Waals surface area contributed by atoms with Gasteiger partial charge in [-0.3, -0.25) is 4.79 Å². The van der Waals surface area contributed by atoms with Crippen LogP contribution in [0.2, 0.25) is 0 Å². The van der Waals surface area contributed by atoms with Gasteiger partial charge in [0.2, 0.25) is 0 Å². The molecule has 1 aliphatic rings. The normalized spacial score (nSPS) is 24.5. The second-order valence-corrected chi connectivity index (χ2v) is 4.27. The third-order valence-electron chi connectivity index (χ3n) is 2.98. The zero-order chi connectivity index (χ0) is 11.5. The Morgan fingerprint density at radius 1 is 1.38 bits per heavy atom. The van der Waals surface area contributed by atoms with Crippen LogP contribution in [0, 0.1) is 5.92 Å². The summed E-state index contributed by atoms with van der Waals surface area (Å²) < 4.78 is 0. The van der Waals surface area contributed by atoms with Gasteiger partial charge in [-0.1, -0.05) is 12.1 Å². The van der Waals surface area contributed by atoms with E-state index in [9.17, 15) is 4.79 Å². The van der Waals surface area contributed by atoms with Gasteiger partial charge in [0.05, 0.1) is 0 Å². The van der Waals surface area contributed by atoms with Crippen LogP contribution in [0.4, 0.5) is 0 Å². The number of hydrogen-bond acceptors (Lipinski definition) is 3. The third-order valence-corrected chi connectivity index (χ3v) is 2.98. The molecule has 1 heterocycles. The number of rotatable bonds is 3. The quantitative estimate of drug-likeness (QED) is 0.712. The molecule has 3 N–H and O–H groups in total. The molecule has 4 heteroatoms. The van der Waals surface area contributed by atoms with Gasteiger partial charge in [-0.2, -0.15) is 0 Å². The van der Waals surface area contributed by atoms with E-state index in [0.717, 1.165) is 18.5 Å². The highest BCUT2D eigenvalue weighted by Crippen LogP contribution is 2.20. The van der Waals surface area contributed by atoms with Gasteiger partial charge >= 0.3 is 5.97 Å². The second-order valence-electron chi connectivity index (χ2n) is 4.27. The van der Waals surface area contributed by atoms with Crippen LogP contribution in [0.15, 0.2) is 24.3 Å². The molecule has 1 aliphatic heterocycles. The minimum atomic E-state index is -0.770. The number of carboxylic acid groups (broad SMARTS) is 1. The highest BCUT2D eigenvalue weighted by atomic mass is 16.4. The Kier molecular flexibility index (Phi) is 3.10. The Morgan fingerprint density at radius 3 is 2.62 bits per heavy atom. The van der Waals surface area contributed by atoms with E-state index in [4.69, 9.17) is 10.2 Å². The summed E-state index contributed by atoms with van der Waals surface area (Å²) in [6, 6.07) is 6.67. The SMILES string of the molecule is O=C(O)C1CC(Cc2ccc(O)cc2)CN1. The number of carbonyl (C=O) groups is 1. The Morgan fingerprint density at radius 2 is 2.06 bits per heavy atom. The predicted octanol–water partition coefficient (Wildman–Crippen LogP) is 0.997. The van der Waals surface area contributed by atoms with Crippen molar-refractivity contribution in [2.75, 3.05) is 6.54 Å². The van der Waals surface area contributed by atoms with Crippen LogP contribution in [-0.2, 0) is 11.2 Å². The van der Waals surface area contributed by atoms with Crippen LogP contribution in [0.25, 0.3) is 0 Å². The predicted molar refractivity (Wildman–Crippen MR) is 59.3 cm³/mol. The average Bonchev–Trinajstić information content (AvgIpc) is 2.70. The summed E-state index contributed by atoms with van der Waals surface area (Å²) in [4.78, 5) is 10.7. The van der Waals surface area contributed by atoms with Crippen molar-refractivity contribution >= 4 is 5.97 Å². The molecule has 1 aromatic rings. The minimum Gasteiger partial charge on any atom is -0.508 e. The molecule has 4 nitrogen and oxygen atoms in total. The van der Waals surface area contributed by atoms with Crippen molar-refractivity contribution in [3.63, 3.8) is 0 Å². The molecule has 2 unspecified atom stereocenters. The van der Waals surface area contributed by atoms with Gasteiger partial charge < -0.3 is 15.5 Å². The van der Waals surface area contributed by atoms with E-state index >= 15 is 0 Å². The van der Waals surface area contributed by atoms with Gasteiger partial charge in [0.25, 0.3) is 0 Å². The highest BCUT2D eigenvalue weighted by Gasteiger charge is 2.28. The number of aliphatic carboxylic acids is 1. The molecule has 1 aromatic carbocycles. The second kappa shape index (κ2) is 4.53. The monoisotopic (exact) mass is 221 g/mol. The van der Waals surface area contributed by atoms with Gasteiger partial charge in [0, 0.05) is 0 Å². The molecule has 16 heavy (non-hydrogen) atoms. The fourth-order valence-corrected chi connectivity index (χ4v) is 2.12. The van der Waals surface area contributed by atoms with Crippen LogP contribution in [0.5, 0.6) is 5.75 Å². The Labute approximate surface area is 93.9 Å². The van der Waals surface area contributed by atoms with E-state index in [1.54, 1.807) is 12.1 Å². The number of phenols is 1. The van der Waals surface area contributed by atoms with Crippen molar-refractivity contribution < 1.29 is 15.0 Å². The lowest BCUT2D eigenvalue weighted by molar-refractivity contribution is -0.139. The average molecular weight is 221 g/mol. The van der Waals surface area contributed by atoms with E-state index < -0.39 is 12.0 Å². The molecule has 0 aliphatic carbocycles. The van der Waals surface area contributed by atoms with Crippen molar-refractivity contribution in [3.05, 3.63) is 29.8 Å². The number of phenolic OH excluding ortho intramolecular Hbond substituents is 1. The fraction of sp³-hybridized carbons (Fsp3) is 0.417. The summed E-state index contributed by atoms with van der Waals surface area (Å²) >= 11 is 0. The molecule has 2 rings (SSSR count). The molecular formula is C12H15NO3. The maximum atomic E-state index is 10.7. The molecule has 0 spiro atoms. The number of carboxylic acids is 1. The summed E-state index contributed by atoms with van der Waals surface area (Å²) in [5.41, 5.74) is 1.13. The summed E-state index contributed by atoms with van der Waals surface area (Å²) in [7, 11) is 0. The first-order valence-electron chi connectivity index (χ1n) is 5.39. The standard InChI is InChI=1S/C12H15NO3/c14-10-3-1-8(2-4-10)5-9-6-11(12(15)16)13-7-9/h1-4,9,11,13-14H,5-7H2,(H,15,16). The molecule has 0 bridgehead atoms. The number of nitrogens with one attached hydrogen (secondary N) is 1. The number of aromatic hydroxyl groups is 1. The van der Waals surface area contributed by atoms with Gasteiger partial charge in [-0.15, -0.1) is 0 Å². The van der Waals surface area contributed by atoms with Crippen LogP contribution in [0.1, 0.15) is 12.0 Å². The number of hydrogen-bond donors (Lipinski definition) is 3. The van der Waals surface area contributed by atoms with Gasteiger partial charge in [-0.25, -0.2) is 0 Å². The first kappa shape index (κ1) is 11.0. The van der Waals surface area contributed by atoms with E-state index in [1.165, 1.54) is 0 Å². The van der Waals surface area contributed by atoms with Crippen molar-refractivity contribution in [2.45, 2.75) is 18.9 Å². The first-order chi connectivity index (χ1) is 7.65. The lowest BCUT2D eigenvalue weighted by atomic mass is 9.97. The lowest BCUT2D eigenvalue weighted by Crippen LogP contribution is -2.29. The largest absolute Gasteiger partial charge is 0.508 e. The lowest BCUT2D eigenvalue weighted by Gasteiger charge is -2.08. The topological polar surface area (TPSA) is 69.6 Å². The minimum absolute atomic E-state index is 0.261. The van der Waals surface area contributed by atoms with E-state index in [-0.39, 0.29) is 5.75 Å². The van der Waals surface area contributed by atoms with Crippen LogP contribution in [0.3, 0.4) is 0 Å². The zero-order valence-electron chi connectivity index (χ0n) is 8.89. The van der Waals surface area contributed by atoms with Gasteiger partial charge in [-0.05, 0) is 43.0 Å². The summed E-state index contributed by atoms with van der Waals surface area (Å²) in [5, 5.41) is 21.0. The zero-order valence-corrected chi connectivity index (χ0v) is 8.89. The van der Waals surface area contributed by atoms with Crippen molar-refractivity contribution in [1.82, 2.24) is 5.32 Å². The Balaban J connectivity index is 1.92. The van der Waals surface area contributed by atoms with E-state index in [2.05, 4.69) is 5.32 Å². The molecule has 86 valence electrons. The molecule has 0 amide bonds. The molecule has 0 saturated carbocycles.